The monoisotopic (exact) mass is 393 g/mol. The van der Waals surface area contributed by atoms with Crippen molar-refractivity contribution in [2.45, 2.75) is 34.5 Å². The molecule has 1 saturated heterocycles. The van der Waals surface area contributed by atoms with Crippen LogP contribution < -0.4 is 0 Å². The van der Waals surface area contributed by atoms with Gasteiger partial charge in [0, 0.05) is 21.3 Å². The molecule has 0 amide bonds. The van der Waals surface area contributed by atoms with E-state index >= 15 is 0 Å². The molecule has 0 radical (unpaired) electrons. The molecule has 0 aromatic heterocycles. The number of halogens is 3. The van der Waals surface area contributed by atoms with E-state index in [1.807, 2.05) is 0 Å². The predicted octanol–water partition coefficient (Wildman–Crippen LogP) is 1.29. The quantitative estimate of drug-likeness (QED) is 0.325. The fourth-order valence-corrected chi connectivity index (χ4v) is 2.30. The first-order valence-electron chi connectivity index (χ1n) is 6.35. The Morgan fingerprint density at radius 2 is 1.52 bits per heavy atom. The molecule has 1 fully saturated rings. The van der Waals surface area contributed by atoms with Crippen LogP contribution >= 0.6 is 34.8 Å². The Morgan fingerprint density at radius 1 is 1.00 bits per heavy atom. The number of esters is 1. The number of ether oxygens (including phenoxy) is 6. The summed E-state index contributed by atoms with van der Waals surface area (Å²) in [5.41, 5.74) is 0. The maximum absolute atomic E-state index is 11.9. The lowest BCUT2D eigenvalue weighted by Gasteiger charge is -2.43. The number of rotatable bonds is 5. The fourth-order valence-electron chi connectivity index (χ4n) is 2.17. The summed E-state index contributed by atoms with van der Waals surface area (Å²) in [6.45, 7) is 0. The van der Waals surface area contributed by atoms with Gasteiger partial charge in [0.1, 0.15) is 18.3 Å². The van der Waals surface area contributed by atoms with Crippen LogP contribution in [-0.2, 0) is 33.2 Å². The second-order valence-electron chi connectivity index (χ2n) is 4.49. The van der Waals surface area contributed by atoms with Crippen molar-refractivity contribution in [1.29, 1.82) is 5.41 Å². The van der Waals surface area contributed by atoms with Crippen LogP contribution in [0.2, 0.25) is 0 Å². The molecular weight excluding hydrogens is 376 g/mol. The van der Waals surface area contributed by atoms with E-state index in [2.05, 4.69) is 4.74 Å². The molecule has 134 valence electrons. The van der Waals surface area contributed by atoms with Crippen LogP contribution in [0.15, 0.2) is 0 Å². The van der Waals surface area contributed by atoms with E-state index in [0.717, 1.165) is 0 Å². The summed E-state index contributed by atoms with van der Waals surface area (Å²) in [5.74, 6) is -1.40. The largest absolute Gasteiger partial charge is 0.467 e. The molecule has 1 N–H and O–H groups in total. The van der Waals surface area contributed by atoms with Crippen LogP contribution in [-0.4, -0.2) is 74.8 Å². The smallest absolute Gasteiger partial charge is 0.338 e. The summed E-state index contributed by atoms with van der Waals surface area (Å²) in [4.78, 5) is 11.9. The van der Waals surface area contributed by atoms with Crippen molar-refractivity contribution in [1.82, 2.24) is 0 Å². The van der Waals surface area contributed by atoms with Crippen molar-refractivity contribution in [3.63, 3.8) is 0 Å². The standard InChI is InChI=1S/C12H18Cl3NO7/c1-18-5-6(19-2)8(20-3)10(22-7(5)9(17)21-4)23-11(16)12(13,14)15/h5-8,10,16H,1-4H3/t5-,6?,7+,8?,10+/m0/s1. The second kappa shape index (κ2) is 8.66. The average molecular weight is 395 g/mol. The van der Waals surface area contributed by atoms with Crippen LogP contribution in [0.25, 0.3) is 0 Å². The first kappa shape index (κ1) is 20.7. The molecule has 1 aliphatic heterocycles. The number of hydrogen-bond donors (Lipinski definition) is 1. The lowest BCUT2D eigenvalue weighted by atomic mass is 9.98. The zero-order chi connectivity index (χ0) is 17.8. The molecule has 8 nitrogen and oxygen atoms in total. The van der Waals surface area contributed by atoms with Gasteiger partial charge in [-0.25, -0.2) is 4.79 Å². The van der Waals surface area contributed by atoms with Crippen LogP contribution in [0.5, 0.6) is 0 Å². The van der Waals surface area contributed by atoms with E-state index in [0.29, 0.717) is 0 Å². The normalized spacial score (nSPS) is 31.5. The molecule has 0 saturated carbocycles. The number of hydrogen-bond acceptors (Lipinski definition) is 8. The summed E-state index contributed by atoms with van der Waals surface area (Å²) in [6, 6.07) is 0. The van der Waals surface area contributed by atoms with Gasteiger partial charge in [0.05, 0.1) is 7.11 Å². The zero-order valence-electron chi connectivity index (χ0n) is 12.9. The van der Waals surface area contributed by atoms with Gasteiger partial charge in [0.15, 0.2) is 6.10 Å². The Kier molecular flexibility index (Phi) is 7.79. The van der Waals surface area contributed by atoms with E-state index < -0.39 is 46.4 Å². The first-order chi connectivity index (χ1) is 10.7. The molecule has 1 rings (SSSR count). The number of alkyl halides is 3. The summed E-state index contributed by atoms with van der Waals surface area (Å²) in [6.07, 6.45) is -4.84. The molecule has 0 bridgehead atoms. The molecule has 5 atom stereocenters. The topological polar surface area (TPSA) is 96.3 Å². The van der Waals surface area contributed by atoms with E-state index in [-0.39, 0.29) is 0 Å². The van der Waals surface area contributed by atoms with Gasteiger partial charge in [0.2, 0.25) is 12.2 Å². The summed E-state index contributed by atoms with van der Waals surface area (Å²) < 4.78 is 29.2. The van der Waals surface area contributed by atoms with Crippen molar-refractivity contribution in [3.05, 3.63) is 0 Å². The van der Waals surface area contributed by atoms with E-state index in [1.54, 1.807) is 0 Å². The minimum atomic E-state index is -2.09. The third kappa shape index (κ3) is 4.82. The van der Waals surface area contributed by atoms with Crippen molar-refractivity contribution in [3.8, 4) is 0 Å². The maximum atomic E-state index is 11.9. The van der Waals surface area contributed by atoms with Crippen molar-refractivity contribution < 1.29 is 33.2 Å². The summed E-state index contributed by atoms with van der Waals surface area (Å²) >= 11 is 16.8. The number of carbonyl (C=O) groups excluding carboxylic acids is 1. The van der Waals surface area contributed by atoms with Crippen molar-refractivity contribution in [2.24, 2.45) is 0 Å². The zero-order valence-corrected chi connectivity index (χ0v) is 15.1. The maximum Gasteiger partial charge on any atom is 0.338 e. The van der Waals surface area contributed by atoms with Gasteiger partial charge in [-0.05, 0) is 0 Å². The van der Waals surface area contributed by atoms with Gasteiger partial charge in [-0.2, -0.15) is 0 Å². The number of methoxy groups -OCH3 is 4. The van der Waals surface area contributed by atoms with Gasteiger partial charge < -0.3 is 28.4 Å². The Hall–Kier alpha value is -0.350. The molecule has 23 heavy (non-hydrogen) atoms. The third-order valence-corrected chi connectivity index (χ3v) is 3.75. The Bertz CT molecular complexity index is 431. The Morgan fingerprint density at radius 3 is 1.91 bits per heavy atom. The molecule has 1 aliphatic rings. The molecule has 0 spiro atoms. The lowest BCUT2D eigenvalue weighted by Crippen LogP contribution is -2.62. The minimum Gasteiger partial charge on any atom is -0.467 e. The van der Waals surface area contributed by atoms with E-state index in [4.69, 9.17) is 63.9 Å². The SMILES string of the molecule is COC(=O)[C@@H]1O[C@H](OC(=N)C(Cl)(Cl)Cl)C(OC)C(OC)[C@@H]1OC. The third-order valence-electron chi connectivity index (χ3n) is 3.24. The average Bonchev–Trinajstić information content (AvgIpc) is 2.51. The van der Waals surface area contributed by atoms with Crippen LogP contribution in [0.3, 0.4) is 0 Å². The highest BCUT2D eigenvalue weighted by Crippen LogP contribution is 2.32. The van der Waals surface area contributed by atoms with Gasteiger partial charge >= 0.3 is 5.97 Å². The van der Waals surface area contributed by atoms with Gasteiger partial charge in [-0.1, -0.05) is 34.8 Å². The lowest BCUT2D eigenvalue weighted by molar-refractivity contribution is -0.288. The van der Waals surface area contributed by atoms with Gasteiger partial charge in [-0.15, -0.1) is 0 Å². The highest BCUT2D eigenvalue weighted by atomic mass is 35.6. The van der Waals surface area contributed by atoms with Gasteiger partial charge in [0.25, 0.3) is 3.79 Å². The molecule has 1 heterocycles. The Balaban J connectivity index is 3.08. The summed E-state index contributed by atoms with van der Waals surface area (Å²) in [5, 5.41) is 7.64. The molecule has 0 aromatic carbocycles. The molecule has 2 unspecified atom stereocenters. The molecule has 0 aliphatic carbocycles. The summed E-state index contributed by atoms with van der Waals surface area (Å²) in [7, 11) is 5.36. The van der Waals surface area contributed by atoms with Gasteiger partial charge in [-0.3, -0.25) is 5.41 Å². The number of nitrogens with one attached hydrogen (secondary N) is 1. The van der Waals surface area contributed by atoms with Crippen molar-refractivity contribution in [2.75, 3.05) is 28.4 Å². The second-order valence-corrected chi connectivity index (χ2v) is 6.78. The van der Waals surface area contributed by atoms with E-state index in [1.165, 1.54) is 28.4 Å². The van der Waals surface area contributed by atoms with Crippen molar-refractivity contribution >= 4 is 46.7 Å². The number of carbonyl (C=O) groups is 1. The Labute approximate surface area is 148 Å². The predicted molar refractivity (Wildman–Crippen MR) is 82.2 cm³/mol. The van der Waals surface area contributed by atoms with Crippen LogP contribution in [0.1, 0.15) is 0 Å². The highest BCUT2D eigenvalue weighted by Gasteiger charge is 2.52. The highest BCUT2D eigenvalue weighted by molar-refractivity contribution is 6.76. The minimum absolute atomic E-state index is 0.691. The first-order valence-corrected chi connectivity index (χ1v) is 7.48. The van der Waals surface area contributed by atoms with Crippen LogP contribution in [0.4, 0.5) is 0 Å². The van der Waals surface area contributed by atoms with Crippen LogP contribution in [0, 0.1) is 5.41 Å². The molecule has 11 heteroatoms. The molecule has 0 aromatic rings. The van der Waals surface area contributed by atoms with E-state index in [9.17, 15) is 4.79 Å². The molecular formula is C12H18Cl3NO7. The fraction of sp³-hybridized carbons (Fsp3) is 0.833.